The lowest BCUT2D eigenvalue weighted by atomic mass is 10.3. The maximum Gasteiger partial charge on any atom is 0.0594 e. The number of hydrogen-bond acceptors (Lipinski definition) is 2. The van der Waals surface area contributed by atoms with E-state index in [4.69, 9.17) is 0 Å². The Kier molecular flexibility index (Phi) is 4.17. The van der Waals surface area contributed by atoms with Gasteiger partial charge in [0.15, 0.2) is 0 Å². The van der Waals surface area contributed by atoms with E-state index < -0.39 is 0 Å². The minimum atomic E-state index is 0.749. The second kappa shape index (κ2) is 5.63. The van der Waals surface area contributed by atoms with Crippen molar-refractivity contribution < 1.29 is 0 Å². The van der Waals surface area contributed by atoms with Crippen molar-refractivity contribution in [2.75, 3.05) is 5.32 Å². The summed E-state index contributed by atoms with van der Waals surface area (Å²) in [5.74, 6) is 0. The van der Waals surface area contributed by atoms with Crippen molar-refractivity contribution in [3.8, 4) is 0 Å². The predicted molar refractivity (Wildman–Crippen MR) is 78.4 cm³/mol. The second-order valence-electron chi connectivity index (χ2n) is 3.30. The Morgan fingerprint density at radius 1 is 1.25 bits per heavy atom. The van der Waals surface area contributed by atoms with Gasteiger partial charge in [0.05, 0.1) is 12.2 Å². The normalized spacial score (nSPS) is 10.1. The minimum absolute atomic E-state index is 0.749. The SMILES string of the molecule is Brc1ccc(NCc2ccccn2)cc1I. The first-order valence-electron chi connectivity index (χ1n) is 4.84. The van der Waals surface area contributed by atoms with Crippen LogP contribution in [0.3, 0.4) is 0 Å². The summed E-state index contributed by atoms with van der Waals surface area (Å²) in [5.41, 5.74) is 2.15. The van der Waals surface area contributed by atoms with Gasteiger partial charge in [-0.25, -0.2) is 0 Å². The lowest BCUT2D eigenvalue weighted by molar-refractivity contribution is 1.05. The third-order valence-corrected chi connectivity index (χ3v) is 4.44. The van der Waals surface area contributed by atoms with Crippen LogP contribution in [0.2, 0.25) is 0 Å². The molecule has 0 amide bonds. The van der Waals surface area contributed by atoms with Gasteiger partial charge in [0, 0.05) is 19.9 Å². The Hall–Kier alpha value is -0.620. The number of nitrogens with zero attached hydrogens (tertiary/aromatic N) is 1. The highest BCUT2D eigenvalue weighted by atomic mass is 127. The molecule has 2 aromatic rings. The van der Waals surface area contributed by atoms with Crippen LogP contribution in [-0.2, 0) is 6.54 Å². The average molecular weight is 389 g/mol. The van der Waals surface area contributed by atoms with Crippen molar-refractivity contribution in [1.29, 1.82) is 0 Å². The van der Waals surface area contributed by atoms with E-state index in [9.17, 15) is 0 Å². The van der Waals surface area contributed by atoms with Gasteiger partial charge in [-0.2, -0.15) is 0 Å². The summed E-state index contributed by atoms with van der Waals surface area (Å²) in [4.78, 5) is 4.26. The molecule has 0 fully saturated rings. The summed E-state index contributed by atoms with van der Waals surface area (Å²) in [7, 11) is 0. The Morgan fingerprint density at radius 2 is 2.12 bits per heavy atom. The summed E-state index contributed by atoms with van der Waals surface area (Å²) >= 11 is 5.78. The van der Waals surface area contributed by atoms with Crippen molar-refractivity contribution in [2.45, 2.75) is 6.54 Å². The fourth-order valence-corrected chi connectivity index (χ4v) is 2.06. The first kappa shape index (κ1) is 11.9. The summed E-state index contributed by atoms with van der Waals surface area (Å²) in [6.45, 7) is 0.749. The molecular weight excluding hydrogens is 379 g/mol. The molecule has 0 aliphatic carbocycles. The van der Waals surface area contributed by atoms with E-state index in [-0.39, 0.29) is 0 Å². The van der Waals surface area contributed by atoms with Gasteiger partial charge in [0.1, 0.15) is 0 Å². The van der Waals surface area contributed by atoms with E-state index in [0.29, 0.717) is 0 Å². The molecule has 16 heavy (non-hydrogen) atoms. The molecule has 0 bridgehead atoms. The van der Waals surface area contributed by atoms with Crippen molar-refractivity contribution in [2.24, 2.45) is 0 Å². The zero-order valence-corrected chi connectivity index (χ0v) is 12.2. The highest BCUT2D eigenvalue weighted by Gasteiger charge is 1.98. The molecule has 0 aliphatic heterocycles. The van der Waals surface area contributed by atoms with Crippen LogP contribution in [0.5, 0.6) is 0 Å². The largest absolute Gasteiger partial charge is 0.379 e. The van der Waals surface area contributed by atoms with Crippen molar-refractivity contribution in [3.63, 3.8) is 0 Å². The van der Waals surface area contributed by atoms with Crippen LogP contribution in [-0.4, -0.2) is 4.98 Å². The molecule has 0 radical (unpaired) electrons. The van der Waals surface area contributed by atoms with Crippen molar-refractivity contribution in [3.05, 3.63) is 56.3 Å². The van der Waals surface area contributed by atoms with E-state index in [1.807, 2.05) is 30.5 Å². The standard InChI is InChI=1S/C12H10BrIN2/c13-11-5-4-9(7-12(11)14)16-8-10-3-1-2-6-15-10/h1-7,16H,8H2. The van der Waals surface area contributed by atoms with Crippen LogP contribution in [0.4, 0.5) is 5.69 Å². The predicted octanol–water partition coefficient (Wildman–Crippen LogP) is 4.06. The smallest absolute Gasteiger partial charge is 0.0594 e. The van der Waals surface area contributed by atoms with Gasteiger partial charge in [-0.15, -0.1) is 0 Å². The number of hydrogen-bond donors (Lipinski definition) is 1. The number of nitrogens with one attached hydrogen (secondary N) is 1. The molecule has 82 valence electrons. The van der Waals surface area contributed by atoms with Gasteiger partial charge in [-0.1, -0.05) is 6.07 Å². The molecule has 1 aromatic heterocycles. The third kappa shape index (κ3) is 3.18. The molecule has 1 N–H and O–H groups in total. The molecule has 1 aromatic carbocycles. The fourth-order valence-electron chi connectivity index (χ4n) is 1.30. The molecule has 0 atom stereocenters. The summed E-state index contributed by atoms with van der Waals surface area (Å²) in [6.07, 6.45) is 1.81. The van der Waals surface area contributed by atoms with E-state index in [1.165, 1.54) is 3.57 Å². The van der Waals surface area contributed by atoms with E-state index in [2.05, 4.69) is 61.0 Å². The molecule has 0 unspecified atom stereocenters. The number of aromatic nitrogens is 1. The Labute approximate surface area is 117 Å². The summed E-state index contributed by atoms with van der Waals surface area (Å²) in [5, 5.41) is 3.34. The lowest BCUT2D eigenvalue weighted by Gasteiger charge is -2.06. The maximum atomic E-state index is 4.26. The van der Waals surface area contributed by atoms with Crippen molar-refractivity contribution in [1.82, 2.24) is 4.98 Å². The quantitative estimate of drug-likeness (QED) is 0.802. The molecule has 2 nitrogen and oxygen atoms in total. The first-order chi connectivity index (χ1) is 7.75. The maximum absolute atomic E-state index is 4.26. The Morgan fingerprint density at radius 3 is 2.81 bits per heavy atom. The number of halogens is 2. The zero-order valence-electron chi connectivity index (χ0n) is 8.45. The molecule has 0 spiro atoms. The molecule has 0 saturated heterocycles. The molecule has 1 heterocycles. The monoisotopic (exact) mass is 388 g/mol. The number of rotatable bonds is 3. The van der Waals surface area contributed by atoms with Crippen LogP contribution in [0.15, 0.2) is 47.1 Å². The first-order valence-corrected chi connectivity index (χ1v) is 6.72. The summed E-state index contributed by atoms with van der Waals surface area (Å²) < 4.78 is 2.32. The fraction of sp³-hybridized carbons (Fsp3) is 0.0833. The highest BCUT2D eigenvalue weighted by molar-refractivity contribution is 14.1. The number of benzene rings is 1. The van der Waals surface area contributed by atoms with Gasteiger partial charge in [0.25, 0.3) is 0 Å². The van der Waals surface area contributed by atoms with Gasteiger partial charge < -0.3 is 5.32 Å². The molecule has 0 aliphatic rings. The van der Waals surface area contributed by atoms with Gasteiger partial charge >= 0.3 is 0 Å². The number of anilines is 1. The topological polar surface area (TPSA) is 24.9 Å². The minimum Gasteiger partial charge on any atom is -0.379 e. The van der Waals surface area contributed by atoms with E-state index in [0.717, 1.165) is 22.4 Å². The average Bonchev–Trinajstić information content (AvgIpc) is 2.32. The molecule has 4 heteroatoms. The van der Waals surface area contributed by atoms with Crippen LogP contribution in [0.25, 0.3) is 0 Å². The molecule has 2 rings (SSSR count). The third-order valence-electron chi connectivity index (χ3n) is 2.12. The van der Waals surface area contributed by atoms with E-state index in [1.54, 1.807) is 0 Å². The van der Waals surface area contributed by atoms with Crippen LogP contribution < -0.4 is 5.32 Å². The summed E-state index contributed by atoms with van der Waals surface area (Å²) in [6, 6.07) is 12.1. The van der Waals surface area contributed by atoms with Crippen LogP contribution >= 0.6 is 38.5 Å². The molecular formula is C12H10BrIN2. The molecule has 0 saturated carbocycles. The van der Waals surface area contributed by atoms with Gasteiger partial charge in [-0.3, -0.25) is 4.98 Å². The van der Waals surface area contributed by atoms with Crippen LogP contribution in [0.1, 0.15) is 5.69 Å². The van der Waals surface area contributed by atoms with E-state index >= 15 is 0 Å². The Balaban J connectivity index is 2.03. The van der Waals surface area contributed by atoms with Gasteiger partial charge in [0.2, 0.25) is 0 Å². The highest BCUT2D eigenvalue weighted by Crippen LogP contribution is 2.22. The lowest BCUT2D eigenvalue weighted by Crippen LogP contribution is -2.01. The van der Waals surface area contributed by atoms with Crippen LogP contribution in [0, 0.1) is 3.57 Å². The zero-order chi connectivity index (χ0) is 11.4. The Bertz CT molecular complexity index is 474. The van der Waals surface area contributed by atoms with Gasteiger partial charge in [-0.05, 0) is 68.9 Å². The van der Waals surface area contributed by atoms with Crippen molar-refractivity contribution >= 4 is 44.2 Å². The second-order valence-corrected chi connectivity index (χ2v) is 5.32. The number of pyridine rings is 1.